The van der Waals surface area contributed by atoms with Crippen LogP contribution in [0.2, 0.25) is 0 Å². The first kappa shape index (κ1) is 48.8. The molecule has 294 valence electrons. The van der Waals surface area contributed by atoms with Gasteiger partial charge in [-0.3, -0.25) is 14.1 Å². The van der Waals surface area contributed by atoms with Gasteiger partial charge in [0.1, 0.15) is 6.61 Å². The Hall–Kier alpha value is -2.25. The molecule has 0 spiro atoms. The summed E-state index contributed by atoms with van der Waals surface area (Å²) in [4.78, 5) is 42.7. The van der Waals surface area contributed by atoms with Crippen LogP contribution in [0.25, 0.3) is 0 Å². The van der Waals surface area contributed by atoms with E-state index in [2.05, 4.69) is 67.0 Å². The highest BCUT2D eigenvalue weighted by molar-refractivity contribution is 7.46. The summed E-state index contributed by atoms with van der Waals surface area (Å²) in [7, 11) is -4.77. The van der Waals surface area contributed by atoms with E-state index >= 15 is 0 Å². The highest BCUT2D eigenvalue weighted by Gasteiger charge is 2.22. The molecule has 0 aromatic heterocycles. The number of phosphoric ester groups is 1. The van der Waals surface area contributed by atoms with Crippen LogP contribution >= 0.6 is 7.82 Å². The first-order chi connectivity index (χ1) is 24.8. The second-order valence-corrected chi connectivity index (χ2v) is 14.5. The molecule has 0 bridgehead atoms. The highest BCUT2D eigenvalue weighted by atomic mass is 31.2. The van der Waals surface area contributed by atoms with Crippen LogP contribution < -0.4 is 0 Å². The minimum absolute atomic E-state index is 0.0878. The molecule has 8 nitrogen and oxygen atoms in total. The molecule has 0 aliphatic rings. The lowest BCUT2D eigenvalue weighted by Gasteiger charge is -2.18. The van der Waals surface area contributed by atoms with Gasteiger partial charge in [-0.1, -0.05) is 171 Å². The summed E-state index contributed by atoms with van der Waals surface area (Å²) in [6, 6.07) is 0. The number of hydrogen-bond acceptors (Lipinski definition) is 6. The normalized spacial score (nSPS) is 13.1. The second-order valence-electron chi connectivity index (χ2n) is 13.3. The number of allylic oxidation sites excluding steroid dienone is 10. The van der Waals surface area contributed by atoms with Crippen molar-refractivity contribution in [2.75, 3.05) is 13.2 Å². The number of carbonyl (C=O) groups is 2. The lowest BCUT2D eigenvalue weighted by molar-refractivity contribution is -0.161. The summed E-state index contributed by atoms with van der Waals surface area (Å²) in [5, 5.41) is 0. The molecule has 0 rings (SSSR count). The largest absolute Gasteiger partial charge is 0.469 e. The van der Waals surface area contributed by atoms with E-state index < -0.39 is 32.5 Å². The molecule has 0 saturated carbocycles. The number of esters is 2. The molecule has 0 unspecified atom stereocenters. The zero-order chi connectivity index (χ0) is 37.5. The monoisotopic (exact) mass is 737 g/mol. The van der Waals surface area contributed by atoms with Crippen molar-refractivity contribution in [2.45, 2.75) is 180 Å². The SMILES string of the molecule is CCCCC/C=C/C/C=C/C/C=C/C/C=C/C/C=C/CCC(=O)O[C@H](COC(=O)CCCCCCCCCCCCCCCC)COP(=O)(O)O. The van der Waals surface area contributed by atoms with Crippen LogP contribution in [0.15, 0.2) is 60.8 Å². The molecule has 2 N–H and O–H groups in total. The van der Waals surface area contributed by atoms with Gasteiger partial charge in [0.15, 0.2) is 6.10 Å². The average molecular weight is 737 g/mol. The molecule has 0 amide bonds. The molecule has 0 aliphatic heterocycles. The molecule has 51 heavy (non-hydrogen) atoms. The Morgan fingerprint density at radius 3 is 1.39 bits per heavy atom. The Morgan fingerprint density at radius 1 is 0.510 bits per heavy atom. The van der Waals surface area contributed by atoms with E-state index in [1.165, 1.54) is 96.3 Å². The fourth-order valence-corrected chi connectivity index (χ4v) is 5.66. The Labute approximate surface area is 311 Å². The minimum atomic E-state index is -4.77. The highest BCUT2D eigenvalue weighted by Crippen LogP contribution is 2.36. The number of hydrogen-bond donors (Lipinski definition) is 2. The number of phosphoric acid groups is 1. The van der Waals surface area contributed by atoms with Crippen LogP contribution in [0.3, 0.4) is 0 Å². The average Bonchev–Trinajstić information content (AvgIpc) is 3.10. The molecule has 1 atom stereocenters. The van der Waals surface area contributed by atoms with Gasteiger partial charge in [-0.05, 0) is 51.4 Å². The maximum atomic E-state index is 12.3. The first-order valence-electron chi connectivity index (χ1n) is 20.1. The molecule has 0 saturated heterocycles. The van der Waals surface area contributed by atoms with Crippen LogP contribution in [-0.4, -0.2) is 41.0 Å². The van der Waals surface area contributed by atoms with Crippen LogP contribution in [0.4, 0.5) is 0 Å². The van der Waals surface area contributed by atoms with Crippen molar-refractivity contribution in [3.63, 3.8) is 0 Å². The zero-order valence-corrected chi connectivity index (χ0v) is 33.1. The minimum Gasteiger partial charge on any atom is -0.462 e. The second kappa shape index (κ2) is 37.5. The third-order valence-electron chi connectivity index (χ3n) is 8.30. The smallest absolute Gasteiger partial charge is 0.462 e. The third kappa shape index (κ3) is 40.4. The maximum Gasteiger partial charge on any atom is 0.469 e. The molecule has 0 fully saturated rings. The topological polar surface area (TPSA) is 119 Å². The Bertz CT molecular complexity index is 1010. The molecule has 0 radical (unpaired) electrons. The van der Waals surface area contributed by atoms with Gasteiger partial charge in [0.25, 0.3) is 0 Å². The predicted molar refractivity (Wildman–Crippen MR) is 211 cm³/mol. The summed E-state index contributed by atoms with van der Waals surface area (Å²) in [5.41, 5.74) is 0. The van der Waals surface area contributed by atoms with Crippen LogP contribution in [0.1, 0.15) is 174 Å². The van der Waals surface area contributed by atoms with Crippen molar-refractivity contribution in [3.05, 3.63) is 60.8 Å². The predicted octanol–water partition coefficient (Wildman–Crippen LogP) is 12.1. The molecule has 0 aromatic carbocycles. The van der Waals surface area contributed by atoms with E-state index in [0.717, 1.165) is 38.5 Å². The maximum absolute atomic E-state index is 12.3. The summed E-state index contributed by atoms with van der Waals surface area (Å²) >= 11 is 0. The van der Waals surface area contributed by atoms with E-state index in [1.54, 1.807) is 0 Å². The number of ether oxygens (including phenoxy) is 2. The van der Waals surface area contributed by atoms with Crippen molar-refractivity contribution in [2.24, 2.45) is 0 Å². The van der Waals surface area contributed by atoms with Gasteiger partial charge < -0.3 is 19.3 Å². The van der Waals surface area contributed by atoms with Crippen molar-refractivity contribution in [3.8, 4) is 0 Å². The van der Waals surface area contributed by atoms with Gasteiger partial charge in [-0.15, -0.1) is 0 Å². The van der Waals surface area contributed by atoms with E-state index in [4.69, 9.17) is 19.3 Å². The van der Waals surface area contributed by atoms with E-state index in [9.17, 15) is 14.2 Å². The standard InChI is InChI=1S/C42H73O8P/c1-3-5-7-9-11-13-15-17-19-20-21-22-23-25-27-29-31-33-35-37-42(44)50-40(39-49-51(45,46)47)38-48-41(43)36-34-32-30-28-26-24-18-16-14-12-10-8-6-4-2/h11,13,17,19,21-22,25,27,31,33,40H,3-10,12,14-16,18,20,23-24,26,28-30,32,34-39H2,1-2H3,(H2,45,46,47)/b13-11+,19-17+,22-21+,27-25+,33-31+/t40-/m1/s1. The number of carbonyl (C=O) groups excluding carboxylic acids is 2. The van der Waals surface area contributed by atoms with E-state index in [0.29, 0.717) is 12.8 Å². The number of unbranched alkanes of at least 4 members (excludes halogenated alkanes) is 16. The molecular weight excluding hydrogens is 663 g/mol. The lowest BCUT2D eigenvalue weighted by atomic mass is 10.0. The quantitative estimate of drug-likeness (QED) is 0.0282. The van der Waals surface area contributed by atoms with Gasteiger partial charge in [0.05, 0.1) is 6.61 Å². The lowest BCUT2D eigenvalue weighted by Crippen LogP contribution is -2.29. The molecule has 0 aromatic rings. The van der Waals surface area contributed by atoms with Crippen molar-refractivity contribution in [1.29, 1.82) is 0 Å². The van der Waals surface area contributed by atoms with Gasteiger partial charge in [-0.25, -0.2) is 4.57 Å². The van der Waals surface area contributed by atoms with Crippen molar-refractivity contribution < 1.29 is 37.9 Å². The summed E-state index contributed by atoms with van der Waals surface area (Å²) in [6.07, 6.45) is 46.7. The summed E-state index contributed by atoms with van der Waals surface area (Å²) < 4.78 is 26.3. The Kier molecular flexibility index (Phi) is 35.9. The fourth-order valence-electron chi connectivity index (χ4n) is 5.30. The summed E-state index contributed by atoms with van der Waals surface area (Å²) in [6.45, 7) is 3.59. The van der Waals surface area contributed by atoms with E-state index in [-0.39, 0.29) is 19.4 Å². The first-order valence-corrected chi connectivity index (χ1v) is 21.6. The summed E-state index contributed by atoms with van der Waals surface area (Å²) in [5.74, 6) is -0.981. The number of rotatable bonds is 36. The molecule has 0 aliphatic carbocycles. The van der Waals surface area contributed by atoms with Crippen LogP contribution in [0, 0.1) is 0 Å². The van der Waals surface area contributed by atoms with E-state index in [1.807, 2.05) is 12.2 Å². The molecule has 9 heteroatoms. The van der Waals surface area contributed by atoms with Crippen LogP contribution in [0.5, 0.6) is 0 Å². The Morgan fingerprint density at radius 2 is 0.922 bits per heavy atom. The van der Waals surface area contributed by atoms with Crippen LogP contribution in [-0.2, 0) is 28.2 Å². The fraction of sp³-hybridized carbons (Fsp3) is 0.714. The zero-order valence-electron chi connectivity index (χ0n) is 32.2. The van der Waals surface area contributed by atoms with Gasteiger partial charge in [0.2, 0.25) is 0 Å². The van der Waals surface area contributed by atoms with Crippen molar-refractivity contribution >= 4 is 19.8 Å². The van der Waals surface area contributed by atoms with Gasteiger partial charge in [0, 0.05) is 12.8 Å². The third-order valence-corrected chi connectivity index (χ3v) is 8.79. The van der Waals surface area contributed by atoms with Gasteiger partial charge >= 0.3 is 19.8 Å². The molecule has 0 heterocycles. The molecular formula is C42H73O8P. The Balaban J connectivity index is 4.08. The van der Waals surface area contributed by atoms with Gasteiger partial charge in [-0.2, -0.15) is 0 Å². The van der Waals surface area contributed by atoms with Crippen molar-refractivity contribution in [1.82, 2.24) is 0 Å².